The highest BCUT2D eigenvalue weighted by Gasteiger charge is 2.18. The molecule has 0 saturated heterocycles. The molecule has 1 unspecified atom stereocenters. The fourth-order valence-corrected chi connectivity index (χ4v) is 1.36. The minimum Gasteiger partial charge on any atom is -0.510 e. The highest BCUT2D eigenvalue weighted by atomic mass is 16.3. The van der Waals surface area contributed by atoms with Crippen LogP contribution in [0.4, 0.5) is 0 Å². The van der Waals surface area contributed by atoms with Crippen molar-refractivity contribution >= 4 is 0 Å². The van der Waals surface area contributed by atoms with Crippen LogP contribution in [0.15, 0.2) is 23.6 Å². The van der Waals surface area contributed by atoms with E-state index in [1.807, 2.05) is 31.1 Å². The number of allylic oxidation sites excluding steroid dienone is 2. The molecule has 11 heavy (non-hydrogen) atoms. The van der Waals surface area contributed by atoms with Crippen LogP contribution in [0.25, 0.3) is 0 Å². The number of nitrogens with zero attached hydrogens (tertiary/aromatic N) is 1. The first kappa shape index (κ1) is 8.18. The first-order valence-electron chi connectivity index (χ1n) is 3.96. The molecule has 0 aromatic heterocycles. The molecule has 1 N–H and O–H groups in total. The summed E-state index contributed by atoms with van der Waals surface area (Å²) in [4.78, 5) is 2.03. The van der Waals surface area contributed by atoms with Gasteiger partial charge in [-0.1, -0.05) is 6.92 Å². The average molecular weight is 153 g/mol. The van der Waals surface area contributed by atoms with E-state index in [0.717, 1.165) is 12.0 Å². The third-order valence-corrected chi connectivity index (χ3v) is 2.16. The van der Waals surface area contributed by atoms with Gasteiger partial charge in [0.05, 0.1) is 6.04 Å². The van der Waals surface area contributed by atoms with Gasteiger partial charge in [-0.2, -0.15) is 0 Å². The van der Waals surface area contributed by atoms with Crippen LogP contribution in [-0.4, -0.2) is 23.1 Å². The number of aliphatic hydroxyl groups excluding tert-OH is 1. The van der Waals surface area contributed by atoms with Gasteiger partial charge in [0, 0.05) is 7.05 Å². The summed E-state index contributed by atoms with van der Waals surface area (Å²) in [5, 5.41) is 9.59. The molecule has 0 spiro atoms. The first-order valence-corrected chi connectivity index (χ1v) is 3.96. The van der Waals surface area contributed by atoms with Gasteiger partial charge in [0.2, 0.25) is 0 Å². The van der Waals surface area contributed by atoms with Gasteiger partial charge in [0.15, 0.2) is 0 Å². The molecule has 0 amide bonds. The maximum absolute atomic E-state index is 9.59. The van der Waals surface area contributed by atoms with Crippen LogP contribution in [0.1, 0.15) is 20.3 Å². The molecular formula is C9H15NO. The van der Waals surface area contributed by atoms with Gasteiger partial charge in [0.1, 0.15) is 5.76 Å². The Morgan fingerprint density at radius 2 is 2.27 bits per heavy atom. The Kier molecular flexibility index (Phi) is 2.22. The van der Waals surface area contributed by atoms with Gasteiger partial charge in [-0.15, -0.1) is 0 Å². The van der Waals surface area contributed by atoms with Crippen LogP contribution < -0.4 is 0 Å². The molecular weight excluding hydrogens is 138 g/mol. The Hall–Kier alpha value is -0.920. The smallest absolute Gasteiger partial charge is 0.118 e. The second kappa shape index (κ2) is 2.99. The molecule has 0 saturated carbocycles. The molecule has 0 radical (unpaired) electrons. The van der Waals surface area contributed by atoms with Crippen LogP contribution in [0.5, 0.6) is 0 Å². The van der Waals surface area contributed by atoms with Crippen LogP contribution >= 0.6 is 0 Å². The molecule has 2 heteroatoms. The van der Waals surface area contributed by atoms with Crippen molar-refractivity contribution in [1.29, 1.82) is 0 Å². The van der Waals surface area contributed by atoms with E-state index in [-0.39, 0.29) is 6.04 Å². The lowest BCUT2D eigenvalue weighted by molar-refractivity contribution is 0.247. The Morgan fingerprint density at radius 1 is 1.64 bits per heavy atom. The molecule has 1 atom stereocenters. The van der Waals surface area contributed by atoms with Crippen molar-refractivity contribution in [2.24, 2.45) is 0 Å². The molecule has 0 bridgehead atoms. The summed E-state index contributed by atoms with van der Waals surface area (Å²) in [6.07, 6.45) is 4.88. The Bertz CT molecular complexity index is 206. The normalized spacial score (nSPS) is 24.6. The van der Waals surface area contributed by atoms with Gasteiger partial charge in [0.25, 0.3) is 0 Å². The maximum atomic E-state index is 9.59. The zero-order valence-electron chi connectivity index (χ0n) is 7.33. The highest BCUT2D eigenvalue weighted by molar-refractivity contribution is 5.26. The largest absolute Gasteiger partial charge is 0.510 e. The van der Waals surface area contributed by atoms with Crippen LogP contribution in [0.3, 0.4) is 0 Å². The fraction of sp³-hybridized carbons (Fsp3) is 0.556. The number of hydrogen-bond acceptors (Lipinski definition) is 2. The van der Waals surface area contributed by atoms with Gasteiger partial charge in [-0.3, -0.25) is 0 Å². The zero-order chi connectivity index (χ0) is 8.43. The molecule has 2 nitrogen and oxygen atoms in total. The van der Waals surface area contributed by atoms with Gasteiger partial charge < -0.3 is 10.0 Å². The first-order chi connectivity index (χ1) is 5.16. The lowest BCUT2D eigenvalue weighted by atomic mass is 10.0. The van der Waals surface area contributed by atoms with E-state index in [9.17, 15) is 5.11 Å². The van der Waals surface area contributed by atoms with Gasteiger partial charge >= 0.3 is 0 Å². The Morgan fingerprint density at radius 3 is 2.73 bits per heavy atom. The van der Waals surface area contributed by atoms with Crippen molar-refractivity contribution < 1.29 is 5.11 Å². The van der Waals surface area contributed by atoms with Gasteiger partial charge in [-0.05, 0) is 31.2 Å². The summed E-state index contributed by atoms with van der Waals surface area (Å²) >= 11 is 0. The van der Waals surface area contributed by atoms with E-state index >= 15 is 0 Å². The van der Waals surface area contributed by atoms with Crippen LogP contribution in [-0.2, 0) is 0 Å². The summed E-state index contributed by atoms with van der Waals surface area (Å²) in [6.45, 7) is 4.01. The molecule has 0 aromatic carbocycles. The molecule has 0 aliphatic carbocycles. The molecule has 0 aromatic rings. The summed E-state index contributed by atoms with van der Waals surface area (Å²) < 4.78 is 0. The minimum atomic E-state index is 0.181. The van der Waals surface area contributed by atoms with Crippen molar-refractivity contribution in [2.45, 2.75) is 26.3 Å². The van der Waals surface area contributed by atoms with Crippen LogP contribution in [0.2, 0.25) is 0 Å². The SMILES string of the molecule is CCC1C(O)=C(C)C=CN1C. The van der Waals surface area contributed by atoms with E-state index in [0.29, 0.717) is 5.76 Å². The number of rotatable bonds is 1. The van der Waals surface area contributed by atoms with E-state index in [1.165, 1.54) is 0 Å². The molecule has 0 fully saturated rings. The molecule has 1 aliphatic heterocycles. The van der Waals surface area contributed by atoms with Crippen molar-refractivity contribution in [1.82, 2.24) is 4.90 Å². The third kappa shape index (κ3) is 1.39. The monoisotopic (exact) mass is 153 g/mol. The summed E-state index contributed by atoms with van der Waals surface area (Å²) in [6, 6.07) is 0.181. The molecule has 1 rings (SSSR count). The lowest BCUT2D eigenvalue weighted by Crippen LogP contribution is -2.31. The van der Waals surface area contributed by atoms with E-state index in [4.69, 9.17) is 0 Å². The summed E-state index contributed by atoms with van der Waals surface area (Å²) in [7, 11) is 1.98. The Labute approximate surface area is 67.8 Å². The predicted molar refractivity (Wildman–Crippen MR) is 46.3 cm³/mol. The molecule has 1 heterocycles. The highest BCUT2D eigenvalue weighted by Crippen LogP contribution is 2.19. The average Bonchev–Trinajstić information content (AvgIpc) is 1.99. The van der Waals surface area contributed by atoms with E-state index < -0.39 is 0 Å². The number of likely N-dealkylation sites (N-methyl/N-ethyl adjacent to an activating group) is 1. The van der Waals surface area contributed by atoms with Crippen molar-refractivity contribution in [2.75, 3.05) is 7.05 Å². The maximum Gasteiger partial charge on any atom is 0.118 e. The van der Waals surface area contributed by atoms with Crippen LogP contribution in [0, 0.1) is 0 Å². The second-order valence-corrected chi connectivity index (χ2v) is 2.97. The molecule has 1 aliphatic rings. The minimum absolute atomic E-state index is 0.181. The topological polar surface area (TPSA) is 23.5 Å². The van der Waals surface area contributed by atoms with Crippen molar-refractivity contribution in [3.05, 3.63) is 23.6 Å². The summed E-state index contributed by atoms with van der Waals surface area (Å²) in [5.41, 5.74) is 0.981. The van der Waals surface area contributed by atoms with E-state index in [2.05, 4.69) is 6.92 Å². The van der Waals surface area contributed by atoms with Crippen molar-refractivity contribution in [3.63, 3.8) is 0 Å². The summed E-state index contributed by atoms with van der Waals surface area (Å²) in [5.74, 6) is 0.512. The number of aliphatic hydroxyl groups is 1. The number of hydrogen-bond donors (Lipinski definition) is 1. The Balaban J connectivity index is 2.87. The standard InChI is InChI=1S/C9H15NO/c1-4-8-9(11)7(2)5-6-10(8)3/h5-6,8,11H,4H2,1-3H3. The second-order valence-electron chi connectivity index (χ2n) is 2.97. The quantitative estimate of drug-likeness (QED) is 0.623. The zero-order valence-corrected chi connectivity index (χ0v) is 7.33. The fourth-order valence-electron chi connectivity index (χ4n) is 1.36. The lowest BCUT2D eigenvalue weighted by Gasteiger charge is -2.29. The predicted octanol–water partition coefficient (Wildman–Crippen LogP) is 2.06. The van der Waals surface area contributed by atoms with Gasteiger partial charge in [-0.25, -0.2) is 0 Å². The van der Waals surface area contributed by atoms with Crippen molar-refractivity contribution in [3.8, 4) is 0 Å². The molecule has 62 valence electrons. The van der Waals surface area contributed by atoms with E-state index in [1.54, 1.807) is 0 Å². The third-order valence-electron chi connectivity index (χ3n) is 2.16.